The van der Waals surface area contributed by atoms with Crippen LogP contribution in [0.4, 0.5) is 0 Å². The first kappa shape index (κ1) is 7.68. The van der Waals surface area contributed by atoms with Gasteiger partial charge in [0.25, 0.3) is 0 Å². The van der Waals surface area contributed by atoms with E-state index in [2.05, 4.69) is 9.40 Å². The van der Waals surface area contributed by atoms with Crippen molar-refractivity contribution in [3.8, 4) is 0 Å². The van der Waals surface area contributed by atoms with Gasteiger partial charge in [0, 0.05) is 5.97 Å². The van der Waals surface area contributed by atoms with Gasteiger partial charge in [-0.3, -0.25) is 0 Å². The van der Waals surface area contributed by atoms with Crippen LogP contribution in [0.15, 0.2) is 23.3 Å². The molecule has 0 saturated heterocycles. The second-order valence-corrected chi connectivity index (χ2v) is 1.21. The monoisotopic (exact) mass is 129 g/mol. The van der Waals surface area contributed by atoms with Crippen LogP contribution in [0.3, 0.4) is 0 Å². The first-order chi connectivity index (χ1) is 4.23. The number of carboxylic acid groups (broad SMARTS) is 1. The van der Waals surface area contributed by atoms with Crippen LogP contribution in [-0.4, -0.2) is 5.97 Å². The minimum absolute atomic E-state index is 0.972. The van der Waals surface area contributed by atoms with Crippen molar-refractivity contribution >= 4 is 5.97 Å². The van der Waals surface area contributed by atoms with E-state index < -0.39 is 5.97 Å². The molecule has 0 spiro atoms. The third-order valence-corrected chi connectivity index (χ3v) is 0.379. The van der Waals surface area contributed by atoms with Gasteiger partial charge >= 0.3 is 6.39 Å². The lowest BCUT2D eigenvalue weighted by molar-refractivity contribution is -0.383. The number of nitrogens with one attached hydrogen (secondary N) is 1. The average molecular weight is 129 g/mol. The highest BCUT2D eigenvalue weighted by Gasteiger charge is 1.68. The summed E-state index contributed by atoms with van der Waals surface area (Å²) in [7, 11) is 0. The Hall–Kier alpha value is -1.32. The first-order valence-electron chi connectivity index (χ1n) is 2.29. The fourth-order valence-electron chi connectivity index (χ4n) is 0.196. The number of carbonyl (C=O) groups is 1. The number of carbonyl (C=O) groups excluding carboxylic acids is 1. The fraction of sp³-hybridized carbons (Fsp3) is 0.200. The highest BCUT2D eigenvalue weighted by molar-refractivity contribution is 5.60. The summed E-state index contributed by atoms with van der Waals surface area (Å²) in [4.78, 5) is 11.6. The molecule has 1 rings (SSSR count). The molecule has 1 aromatic rings. The lowest BCUT2D eigenvalue weighted by Gasteiger charge is -1.77. The number of aliphatic carboxylic acids is 1. The lowest BCUT2D eigenvalue weighted by atomic mass is 10.9. The Morgan fingerprint density at radius 2 is 2.33 bits per heavy atom. The number of aromatic nitrogens is 1. The van der Waals surface area contributed by atoms with Crippen LogP contribution >= 0.6 is 0 Å². The quantitative estimate of drug-likeness (QED) is 0.444. The van der Waals surface area contributed by atoms with Crippen molar-refractivity contribution in [2.45, 2.75) is 6.92 Å². The third-order valence-electron chi connectivity index (χ3n) is 0.379. The van der Waals surface area contributed by atoms with Crippen LogP contribution < -0.4 is 10.1 Å². The SMILES string of the molecule is CC(=O)[O-].c1coc[nH+]1. The number of H-pyrrole nitrogens is 1. The summed E-state index contributed by atoms with van der Waals surface area (Å²) < 4.78 is 4.53. The Bertz CT molecular complexity index is 126. The highest BCUT2D eigenvalue weighted by atomic mass is 16.4. The summed E-state index contributed by atoms with van der Waals surface area (Å²) in [5, 5.41) is 8.89. The van der Waals surface area contributed by atoms with Crippen molar-refractivity contribution in [3.63, 3.8) is 0 Å². The number of oxazole rings is 1. The van der Waals surface area contributed by atoms with E-state index in [-0.39, 0.29) is 0 Å². The van der Waals surface area contributed by atoms with Gasteiger partial charge in [-0.1, -0.05) is 0 Å². The van der Waals surface area contributed by atoms with Crippen LogP contribution in [0, 0.1) is 0 Å². The molecular formula is C5H7NO3. The summed E-state index contributed by atoms with van der Waals surface area (Å²) in [6, 6.07) is 0. The Balaban J connectivity index is 0.000000148. The van der Waals surface area contributed by atoms with Crippen molar-refractivity contribution in [2.24, 2.45) is 0 Å². The van der Waals surface area contributed by atoms with E-state index in [1.807, 2.05) is 0 Å². The van der Waals surface area contributed by atoms with Crippen molar-refractivity contribution in [2.75, 3.05) is 0 Å². The number of hydrogen-bond acceptors (Lipinski definition) is 3. The summed E-state index contributed by atoms with van der Waals surface area (Å²) in [5.74, 6) is -1.08. The summed E-state index contributed by atoms with van der Waals surface area (Å²) in [5.41, 5.74) is 0. The van der Waals surface area contributed by atoms with Crippen LogP contribution in [0.2, 0.25) is 0 Å². The molecular weight excluding hydrogens is 122 g/mol. The van der Waals surface area contributed by atoms with Crippen molar-refractivity contribution in [3.05, 3.63) is 18.9 Å². The predicted molar refractivity (Wildman–Crippen MR) is 25.9 cm³/mol. The molecule has 1 heterocycles. The van der Waals surface area contributed by atoms with Crippen LogP contribution in [0.5, 0.6) is 0 Å². The van der Waals surface area contributed by atoms with E-state index in [1.54, 1.807) is 12.5 Å². The number of rotatable bonds is 0. The molecule has 4 heteroatoms. The van der Waals surface area contributed by atoms with Crippen LogP contribution in [0.1, 0.15) is 6.92 Å². The molecule has 0 aromatic carbocycles. The van der Waals surface area contributed by atoms with E-state index in [0.717, 1.165) is 6.92 Å². The molecule has 0 saturated carbocycles. The van der Waals surface area contributed by atoms with E-state index in [1.165, 1.54) is 6.39 Å². The Morgan fingerprint density at radius 1 is 1.78 bits per heavy atom. The van der Waals surface area contributed by atoms with E-state index in [4.69, 9.17) is 9.90 Å². The van der Waals surface area contributed by atoms with E-state index in [9.17, 15) is 0 Å². The minimum atomic E-state index is -1.08. The fourth-order valence-corrected chi connectivity index (χ4v) is 0.196. The molecule has 0 aliphatic heterocycles. The van der Waals surface area contributed by atoms with Gasteiger partial charge < -0.3 is 14.3 Å². The maximum Gasteiger partial charge on any atom is 0.332 e. The topological polar surface area (TPSA) is 67.4 Å². The van der Waals surface area contributed by atoms with E-state index >= 15 is 0 Å². The zero-order valence-electron chi connectivity index (χ0n) is 4.96. The summed E-state index contributed by atoms with van der Waals surface area (Å²) >= 11 is 0. The summed E-state index contributed by atoms with van der Waals surface area (Å²) in [6.07, 6.45) is 4.78. The van der Waals surface area contributed by atoms with Gasteiger partial charge in [0.1, 0.15) is 0 Å². The smallest absolute Gasteiger partial charge is 0.332 e. The second-order valence-electron chi connectivity index (χ2n) is 1.21. The molecule has 1 N–H and O–H groups in total. The minimum Gasteiger partial charge on any atom is -0.550 e. The molecule has 1 aromatic heterocycles. The predicted octanol–water partition coefficient (Wildman–Crippen LogP) is -1.15. The molecule has 0 bridgehead atoms. The molecule has 0 amide bonds. The molecule has 0 unspecified atom stereocenters. The lowest BCUT2D eigenvalue weighted by Crippen LogP contribution is -2.16. The Morgan fingerprint density at radius 3 is 2.44 bits per heavy atom. The molecule has 0 radical (unpaired) electrons. The third kappa shape index (κ3) is 10.8. The largest absolute Gasteiger partial charge is 0.550 e. The van der Waals surface area contributed by atoms with Crippen molar-refractivity contribution < 1.29 is 19.3 Å². The molecule has 0 fully saturated rings. The van der Waals surface area contributed by atoms with Gasteiger partial charge in [-0.15, -0.1) is 0 Å². The van der Waals surface area contributed by atoms with Gasteiger partial charge in [0.2, 0.25) is 6.20 Å². The first-order valence-corrected chi connectivity index (χ1v) is 2.29. The zero-order chi connectivity index (χ0) is 7.11. The number of aromatic amines is 1. The second kappa shape index (κ2) is 4.83. The number of carboxylic acids is 1. The number of hydrogen-bond donors (Lipinski definition) is 0. The molecule has 50 valence electrons. The molecule has 0 aliphatic rings. The Kier molecular flexibility index (Phi) is 4.12. The van der Waals surface area contributed by atoms with Gasteiger partial charge in [0.05, 0.1) is 0 Å². The standard InChI is InChI=1S/C3H3NO.C2H4O2/c1-2-5-3-4-1;1-2(3)4/h1-3H;1H3,(H,3,4). The molecule has 9 heavy (non-hydrogen) atoms. The normalized spacial score (nSPS) is 7.22. The molecule has 0 aliphatic carbocycles. The van der Waals surface area contributed by atoms with Gasteiger partial charge in [-0.2, -0.15) is 4.98 Å². The van der Waals surface area contributed by atoms with Crippen LogP contribution in [0.25, 0.3) is 0 Å². The van der Waals surface area contributed by atoms with Crippen LogP contribution in [-0.2, 0) is 4.79 Å². The van der Waals surface area contributed by atoms with Gasteiger partial charge in [-0.25, -0.2) is 0 Å². The molecule has 0 atom stereocenters. The highest BCUT2D eigenvalue weighted by Crippen LogP contribution is 1.64. The maximum absolute atomic E-state index is 8.89. The van der Waals surface area contributed by atoms with E-state index in [0.29, 0.717) is 0 Å². The van der Waals surface area contributed by atoms with Crippen molar-refractivity contribution in [1.29, 1.82) is 0 Å². The maximum atomic E-state index is 8.89. The molecule has 4 nitrogen and oxygen atoms in total. The van der Waals surface area contributed by atoms with Crippen molar-refractivity contribution in [1.82, 2.24) is 0 Å². The zero-order valence-corrected chi connectivity index (χ0v) is 4.96. The van der Waals surface area contributed by atoms with Gasteiger partial charge in [-0.05, 0) is 6.92 Å². The summed E-state index contributed by atoms with van der Waals surface area (Å²) in [6.45, 7) is 0.972. The average Bonchev–Trinajstić information content (AvgIpc) is 2.11. The Labute approximate surface area is 52.1 Å². The van der Waals surface area contributed by atoms with Gasteiger partial charge in [0.15, 0.2) is 6.26 Å².